The van der Waals surface area contributed by atoms with E-state index in [4.69, 9.17) is 4.74 Å². The second kappa shape index (κ2) is 10.4. The molecule has 152 valence electrons. The number of anilines is 1. The molecule has 0 saturated carbocycles. The normalized spacial score (nSPS) is 11.4. The van der Waals surface area contributed by atoms with Gasteiger partial charge in [0, 0.05) is 16.1 Å². The number of amides is 1. The maximum absolute atomic E-state index is 12.8. The molecule has 5 nitrogen and oxygen atoms in total. The molecule has 30 heavy (non-hydrogen) atoms. The molecule has 3 aromatic rings. The molecule has 0 unspecified atom stereocenters. The van der Waals surface area contributed by atoms with Gasteiger partial charge in [-0.05, 0) is 48.9 Å². The summed E-state index contributed by atoms with van der Waals surface area (Å²) in [6.07, 6.45) is 0. The zero-order valence-electron chi connectivity index (χ0n) is 16.4. The van der Waals surface area contributed by atoms with E-state index in [1.54, 1.807) is 24.3 Å². The number of ether oxygens (including phenoxy) is 1. The molecular weight excluding hydrogens is 398 g/mol. The zero-order valence-corrected chi connectivity index (χ0v) is 17.2. The molecule has 3 aromatic carbocycles. The lowest BCUT2D eigenvalue weighted by molar-refractivity contribution is -0.146. The van der Waals surface area contributed by atoms with Crippen LogP contribution in [0.15, 0.2) is 89.8 Å². The van der Waals surface area contributed by atoms with Crippen LogP contribution in [0, 0.1) is 0 Å². The molecule has 0 aliphatic heterocycles. The van der Waals surface area contributed by atoms with Crippen molar-refractivity contribution in [2.75, 3.05) is 11.9 Å². The van der Waals surface area contributed by atoms with E-state index in [9.17, 15) is 14.4 Å². The number of nitrogens with one attached hydrogen (secondary N) is 1. The van der Waals surface area contributed by atoms with Gasteiger partial charge in [-0.2, -0.15) is 0 Å². The van der Waals surface area contributed by atoms with Crippen LogP contribution < -0.4 is 5.32 Å². The first-order chi connectivity index (χ1) is 14.5. The predicted octanol–water partition coefficient (Wildman–Crippen LogP) is 4.90. The summed E-state index contributed by atoms with van der Waals surface area (Å²) in [5.41, 5.74) is 1.89. The van der Waals surface area contributed by atoms with Gasteiger partial charge in [0.05, 0.1) is 0 Å². The highest BCUT2D eigenvalue weighted by atomic mass is 32.2. The summed E-state index contributed by atoms with van der Waals surface area (Å²) < 4.78 is 5.30. The zero-order chi connectivity index (χ0) is 21.3. The Morgan fingerprint density at radius 1 is 0.867 bits per heavy atom. The average molecular weight is 420 g/mol. The number of hydrogen-bond acceptors (Lipinski definition) is 5. The molecule has 0 bridgehead atoms. The van der Waals surface area contributed by atoms with Crippen molar-refractivity contribution in [2.24, 2.45) is 0 Å². The molecule has 0 saturated heterocycles. The van der Waals surface area contributed by atoms with E-state index in [-0.39, 0.29) is 5.78 Å². The number of benzene rings is 3. The van der Waals surface area contributed by atoms with Gasteiger partial charge in [-0.15, -0.1) is 11.8 Å². The van der Waals surface area contributed by atoms with Crippen molar-refractivity contribution in [1.29, 1.82) is 0 Å². The Bertz CT molecular complexity index is 1000. The lowest BCUT2D eigenvalue weighted by Gasteiger charge is -2.16. The first-order valence-corrected chi connectivity index (χ1v) is 10.2. The van der Waals surface area contributed by atoms with E-state index in [0.29, 0.717) is 11.3 Å². The number of carbonyl (C=O) groups is 3. The quantitative estimate of drug-likeness (QED) is 0.319. The summed E-state index contributed by atoms with van der Waals surface area (Å²) >= 11 is 1.37. The monoisotopic (exact) mass is 419 g/mol. The fourth-order valence-electron chi connectivity index (χ4n) is 2.71. The Morgan fingerprint density at radius 2 is 1.47 bits per heavy atom. The number of hydrogen-bond donors (Lipinski definition) is 1. The van der Waals surface area contributed by atoms with Crippen molar-refractivity contribution in [3.63, 3.8) is 0 Å². The van der Waals surface area contributed by atoms with Crippen molar-refractivity contribution >= 4 is 35.1 Å². The molecule has 0 radical (unpaired) electrons. The third-order valence-corrected chi connectivity index (χ3v) is 5.48. The lowest BCUT2D eigenvalue weighted by Crippen LogP contribution is -2.23. The van der Waals surface area contributed by atoms with Crippen molar-refractivity contribution in [2.45, 2.75) is 17.1 Å². The van der Waals surface area contributed by atoms with E-state index in [1.807, 2.05) is 60.7 Å². The topological polar surface area (TPSA) is 72.5 Å². The number of ketones is 1. The molecule has 0 heterocycles. The highest BCUT2D eigenvalue weighted by molar-refractivity contribution is 8.00. The van der Waals surface area contributed by atoms with Crippen molar-refractivity contribution < 1.29 is 19.1 Å². The summed E-state index contributed by atoms with van der Waals surface area (Å²) in [5.74, 6) is -0.989. The summed E-state index contributed by atoms with van der Waals surface area (Å²) in [7, 11) is 0. The van der Waals surface area contributed by atoms with E-state index < -0.39 is 23.7 Å². The van der Waals surface area contributed by atoms with Crippen LogP contribution in [0.4, 0.5) is 5.69 Å². The Hall–Kier alpha value is -3.38. The first-order valence-electron chi connectivity index (χ1n) is 9.37. The largest absolute Gasteiger partial charge is 0.454 e. The van der Waals surface area contributed by atoms with Crippen molar-refractivity contribution in [3.05, 3.63) is 96.1 Å². The molecule has 0 spiro atoms. The van der Waals surface area contributed by atoms with Crippen molar-refractivity contribution in [3.8, 4) is 0 Å². The molecule has 1 amide bonds. The summed E-state index contributed by atoms with van der Waals surface area (Å²) in [6, 6.07) is 25.4. The van der Waals surface area contributed by atoms with Gasteiger partial charge in [0.2, 0.25) is 0 Å². The first kappa shape index (κ1) is 21.3. The summed E-state index contributed by atoms with van der Waals surface area (Å²) in [6.45, 7) is 1.08. The van der Waals surface area contributed by atoms with Gasteiger partial charge < -0.3 is 10.1 Å². The molecule has 1 atom stereocenters. The minimum absolute atomic E-state index is 0.0512. The molecule has 6 heteroatoms. The number of rotatable bonds is 8. The minimum atomic E-state index is -0.587. The fraction of sp³-hybridized carbons (Fsp3) is 0.125. The molecule has 3 rings (SSSR count). The van der Waals surface area contributed by atoms with Crippen molar-refractivity contribution in [1.82, 2.24) is 0 Å². The average Bonchev–Trinajstić information content (AvgIpc) is 2.77. The SMILES string of the molecule is CC(=O)c1ccc(NC(=O)COC(=O)[C@H](Sc2ccccc2)c2ccccc2)cc1. The standard InChI is InChI=1S/C24H21NO4S/c1-17(26)18-12-14-20(15-13-18)25-22(27)16-29-24(28)23(19-8-4-2-5-9-19)30-21-10-6-3-7-11-21/h2-15,23H,16H2,1H3,(H,25,27)/t23-/m1/s1. The predicted molar refractivity (Wildman–Crippen MR) is 118 cm³/mol. The molecule has 0 aliphatic carbocycles. The summed E-state index contributed by atoms with van der Waals surface area (Å²) in [4.78, 5) is 37.2. The van der Waals surface area contributed by atoms with Gasteiger partial charge >= 0.3 is 5.97 Å². The van der Waals surface area contributed by atoms with E-state index >= 15 is 0 Å². The Labute approximate surface area is 179 Å². The van der Waals surface area contributed by atoms with Gasteiger partial charge in [0.15, 0.2) is 12.4 Å². The van der Waals surface area contributed by atoms with E-state index in [1.165, 1.54) is 18.7 Å². The fourth-order valence-corrected chi connectivity index (χ4v) is 3.76. The van der Waals surface area contributed by atoms with E-state index in [2.05, 4.69) is 5.32 Å². The third kappa shape index (κ3) is 6.06. The van der Waals surface area contributed by atoms with Crippen LogP contribution in [0.25, 0.3) is 0 Å². The van der Waals surface area contributed by atoms with Crippen LogP contribution in [0.2, 0.25) is 0 Å². The van der Waals surface area contributed by atoms with Crippen LogP contribution in [0.3, 0.4) is 0 Å². The number of carbonyl (C=O) groups excluding carboxylic acids is 3. The van der Waals surface area contributed by atoms with Crippen LogP contribution >= 0.6 is 11.8 Å². The Balaban J connectivity index is 1.62. The summed E-state index contributed by atoms with van der Waals surface area (Å²) in [5, 5.41) is 2.07. The van der Waals surface area contributed by atoms with Gasteiger partial charge in [-0.3, -0.25) is 14.4 Å². The number of Topliss-reactive ketones (excluding diaryl/α,β-unsaturated/α-hetero) is 1. The Morgan fingerprint density at radius 3 is 2.07 bits per heavy atom. The highest BCUT2D eigenvalue weighted by Gasteiger charge is 2.24. The third-order valence-electron chi connectivity index (χ3n) is 4.23. The highest BCUT2D eigenvalue weighted by Crippen LogP contribution is 2.36. The van der Waals surface area contributed by atoms with Gasteiger partial charge in [-0.1, -0.05) is 48.5 Å². The van der Waals surface area contributed by atoms with Gasteiger partial charge in [0.1, 0.15) is 5.25 Å². The molecular formula is C24H21NO4S. The second-order valence-corrected chi connectivity index (χ2v) is 7.69. The van der Waals surface area contributed by atoms with Crippen LogP contribution in [0.5, 0.6) is 0 Å². The molecule has 0 aliphatic rings. The molecule has 0 aromatic heterocycles. The smallest absolute Gasteiger partial charge is 0.324 e. The van der Waals surface area contributed by atoms with Crippen LogP contribution in [-0.2, 0) is 14.3 Å². The van der Waals surface area contributed by atoms with Gasteiger partial charge in [0.25, 0.3) is 5.91 Å². The number of esters is 1. The van der Waals surface area contributed by atoms with Crippen LogP contribution in [-0.4, -0.2) is 24.3 Å². The maximum atomic E-state index is 12.8. The van der Waals surface area contributed by atoms with Gasteiger partial charge in [-0.25, -0.2) is 0 Å². The second-order valence-electron chi connectivity index (χ2n) is 6.51. The minimum Gasteiger partial charge on any atom is -0.454 e. The molecule has 0 fully saturated rings. The van der Waals surface area contributed by atoms with Crippen LogP contribution in [0.1, 0.15) is 28.1 Å². The lowest BCUT2D eigenvalue weighted by atomic mass is 10.1. The van der Waals surface area contributed by atoms with E-state index in [0.717, 1.165) is 10.5 Å². The Kier molecular flexibility index (Phi) is 7.40. The number of thioether (sulfide) groups is 1. The molecule has 1 N–H and O–H groups in total. The maximum Gasteiger partial charge on any atom is 0.324 e.